The average molecular weight is 437 g/mol. The lowest BCUT2D eigenvalue weighted by atomic mass is 10.4. The highest BCUT2D eigenvalue weighted by atomic mass is 19.1. The van der Waals surface area contributed by atoms with Crippen molar-refractivity contribution in [3.8, 4) is 0 Å². The highest BCUT2D eigenvalue weighted by Gasteiger charge is 2.35. The Morgan fingerprint density at radius 2 is 0.844 bits per heavy atom. The molecule has 3 aromatic rings. The van der Waals surface area contributed by atoms with E-state index in [1.807, 2.05) is 0 Å². The Morgan fingerprint density at radius 3 is 1.19 bits per heavy atom. The third-order valence-electron chi connectivity index (χ3n) is 5.24. The van der Waals surface area contributed by atoms with Crippen LogP contribution in [0, 0.1) is 11.9 Å². The molecular weight excluding hydrogens is 420 g/mol. The van der Waals surface area contributed by atoms with Crippen molar-refractivity contribution >= 4 is 35.3 Å². The zero-order chi connectivity index (χ0) is 22.2. The highest BCUT2D eigenvalue weighted by Crippen LogP contribution is 2.27. The van der Waals surface area contributed by atoms with Gasteiger partial charge in [0, 0.05) is 26.2 Å². The van der Waals surface area contributed by atoms with E-state index < -0.39 is 11.9 Å². The first-order valence-electron chi connectivity index (χ1n) is 9.91. The molecule has 0 aliphatic carbocycles. The molecule has 0 bridgehead atoms. The molecule has 0 unspecified atom stereocenters. The molecule has 2 saturated heterocycles. The predicted molar refractivity (Wildman–Crippen MR) is 113 cm³/mol. The number of aromatic nitrogens is 3. The van der Waals surface area contributed by atoms with Crippen molar-refractivity contribution < 1.29 is 18.4 Å². The van der Waals surface area contributed by atoms with Crippen LogP contribution < -0.4 is 19.6 Å². The van der Waals surface area contributed by atoms with Gasteiger partial charge in [-0.05, 0) is 36.4 Å². The van der Waals surface area contributed by atoms with Gasteiger partial charge in [0.15, 0.2) is 0 Å². The van der Waals surface area contributed by atoms with Crippen LogP contribution in [0.15, 0.2) is 54.6 Å². The molecule has 9 nitrogen and oxygen atoms in total. The Bertz CT molecular complexity index is 1120. The molecule has 2 fully saturated rings. The van der Waals surface area contributed by atoms with Crippen LogP contribution in [0.5, 0.6) is 0 Å². The summed E-state index contributed by atoms with van der Waals surface area (Å²) in [5.41, 5.74) is 0. The number of urea groups is 2. The van der Waals surface area contributed by atoms with Gasteiger partial charge in [-0.15, -0.1) is 0 Å². The van der Waals surface area contributed by atoms with Crippen LogP contribution in [0.2, 0.25) is 0 Å². The largest absolute Gasteiger partial charge is 0.331 e. The Labute approximate surface area is 181 Å². The number of hydrogen-bond acceptors (Lipinski definition) is 5. The number of carbonyl (C=O) groups is 2. The number of nitrogens with zero attached hydrogens (tertiary/aromatic N) is 7. The maximum absolute atomic E-state index is 13.5. The van der Waals surface area contributed by atoms with Crippen LogP contribution in [-0.4, -0.2) is 53.2 Å². The Morgan fingerprint density at radius 1 is 0.531 bits per heavy atom. The smallest absolute Gasteiger partial charge is 0.276 e. The normalized spacial score (nSPS) is 16.4. The highest BCUT2D eigenvalue weighted by molar-refractivity contribution is 6.06. The molecule has 3 aromatic heterocycles. The molecule has 5 heterocycles. The Hall–Kier alpha value is -4.15. The molecule has 32 heavy (non-hydrogen) atoms. The van der Waals surface area contributed by atoms with Crippen molar-refractivity contribution in [2.75, 3.05) is 45.8 Å². The van der Waals surface area contributed by atoms with Crippen LogP contribution in [0.3, 0.4) is 0 Å². The summed E-state index contributed by atoms with van der Waals surface area (Å²) in [7, 11) is 0. The van der Waals surface area contributed by atoms with E-state index in [2.05, 4.69) is 15.0 Å². The van der Waals surface area contributed by atoms with E-state index in [4.69, 9.17) is 0 Å². The molecule has 2 aliphatic rings. The lowest BCUT2D eigenvalue weighted by molar-refractivity contribution is 0.255. The third-order valence-corrected chi connectivity index (χ3v) is 5.24. The van der Waals surface area contributed by atoms with Gasteiger partial charge < -0.3 is 0 Å². The summed E-state index contributed by atoms with van der Waals surface area (Å²) in [5.74, 6) is -0.163. The standard InChI is InChI=1S/C21H17F2N7O2/c22-14-4-1-6-16(24-14)27-10-12-29(20(27)31)18-8-3-9-19(26-18)30-13-11-28(21(30)32)17-7-2-5-15(23)25-17/h1-9H,10-13H2. The van der Waals surface area contributed by atoms with E-state index in [0.717, 1.165) is 0 Å². The van der Waals surface area contributed by atoms with Crippen LogP contribution in [0.1, 0.15) is 0 Å². The monoisotopic (exact) mass is 437 g/mol. The maximum Gasteiger partial charge on any atom is 0.331 e. The second-order valence-electron chi connectivity index (χ2n) is 7.16. The van der Waals surface area contributed by atoms with Gasteiger partial charge >= 0.3 is 12.1 Å². The van der Waals surface area contributed by atoms with Gasteiger partial charge in [-0.2, -0.15) is 8.78 Å². The molecule has 11 heteroatoms. The first-order valence-corrected chi connectivity index (χ1v) is 9.91. The van der Waals surface area contributed by atoms with E-state index in [0.29, 0.717) is 37.8 Å². The minimum atomic E-state index is -0.668. The van der Waals surface area contributed by atoms with Gasteiger partial charge in [0.05, 0.1) is 0 Å². The molecule has 5 rings (SSSR count). The van der Waals surface area contributed by atoms with Crippen LogP contribution in [0.25, 0.3) is 0 Å². The van der Waals surface area contributed by atoms with Crippen molar-refractivity contribution in [2.24, 2.45) is 0 Å². The summed E-state index contributed by atoms with van der Waals surface area (Å²) in [6.45, 7) is 1.31. The minimum absolute atomic E-state index is 0.224. The van der Waals surface area contributed by atoms with Crippen molar-refractivity contribution in [1.29, 1.82) is 0 Å². The van der Waals surface area contributed by atoms with Crippen molar-refractivity contribution in [3.05, 3.63) is 66.5 Å². The summed E-state index contributed by atoms with van der Waals surface area (Å²) in [5, 5.41) is 0. The SMILES string of the molecule is O=C1N(c2cccc(F)n2)CCN1c1cccc(N2CCN(c3cccc(F)n3)C2=O)n1. The molecule has 0 N–H and O–H groups in total. The van der Waals surface area contributed by atoms with Crippen molar-refractivity contribution in [2.45, 2.75) is 0 Å². The lowest BCUT2D eigenvalue weighted by Gasteiger charge is -2.20. The van der Waals surface area contributed by atoms with E-state index in [9.17, 15) is 18.4 Å². The number of anilines is 4. The summed E-state index contributed by atoms with van der Waals surface area (Å²) >= 11 is 0. The van der Waals surface area contributed by atoms with E-state index in [-0.39, 0.29) is 23.7 Å². The zero-order valence-electron chi connectivity index (χ0n) is 16.7. The van der Waals surface area contributed by atoms with E-state index in [1.54, 1.807) is 30.3 Å². The molecule has 0 atom stereocenters. The van der Waals surface area contributed by atoms with Crippen molar-refractivity contribution in [3.63, 3.8) is 0 Å². The molecule has 0 spiro atoms. The van der Waals surface area contributed by atoms with E-state index in [1.165, 1.54) is 43.9 Å². The number of pyridine rings is 3. The molecule has 0 aromatic carbocycles. The molecule has 0 radical (unpaired) electrons. The zero-order valence-corrected chi connectivity index (χ0v) is 16.7. The van der Waals surface area contributed by atoms with Gasteiger partial charge in [-0.3, -0.25) is 19.6 Å². The second-order valence-corrected chi connectivity index (χ2v) is 7.16. The number of halogens is 2. The fourth-order valence-electron chi connectivity index (χ4n) is 3.73. The predicted octanol–water partition coefficient (Wildman–Crippen LogP) is 3.04. The maximum atomic E-state index is 13.5. The molecule has 0 saturated carbocycles. The van der Waals surface area contributed by atoms with Gasteiger partial charge in [0.2, 0.25) is 11.9 Å². The summed E-state index contributed by atoms with van der Waals surface area (Å²) in [6.07, 6.45) is 0. The summed E-state index contributed by atoms with van der Waals surface area (Å²) < 4.78 is 26.9. The number of carbonyl (C=O) groups excluding carboxylic acids is 2. The third kappa shape index (κ3) is 3.47. The Kier molecular flexibility index (Phi) is 4.85. The quantitative estimate of drug-likeness (QED) is 0.586. The number of rotatable bonds is 4. The number of amides is 4. The fraction of sp³-hybridized carbons (Fsp3) is 0.190. The van der Waals surface area contributed by atoms with Crippen molar-refractivity contribution in [1.82, 2.24) is 15.0 Å². The molecule has 162 valence electrons. The minimum Gasteiger partial charge on any atom is -0.276 e. The number of hydrogen-bond donors (Lipinski definition) is 0. The molecule has 4 amide bonds. The van der Waals surface area contributed by atoms with E-state index >= 15 is 0 Å². The first kappa shape index (κ1) is 19.8. The van der Waals surface area contributed by atoms with Crippen LogP contribution >= 0.6 is 0 Å². The first-order chi connectivity index (χ1) is 15.5. The topological polar surface area (TPSA) is 85.8 Å². The van der Waals surface area contributed by atoms with Gasteiger partial charge in [0.1, 0.15) is 23.3 Å². The average Bonchev–Trinajstić information content (AvgIpc) is 3.36. The van der Waals surface area contributed by atoms with Gasteiger partial charge in [-0.1, -0.05) is 18.2 Å². The van der Waals surface area contributed by atoms with Gasteiger partial charge in [0.25, 0.3) is 0 Å². The lowest BCUT2D eigenvalue weighted by Crippen LogP contribution is -2.34. The Balaban J connectivity index is 1.36. The van der Waals surface area contributed by atoms with Crippen LogP contribution in [0.4, 0.5) is 41.6 Å². The summed E-state index contributed by atoms with van der Waals surface area (Å²) in [6, 6.07) is 12.8. The molecule has 2 aliphatic heterocycles. The van der Waals surface area contributed by atoms with Crippen LogP contribution in [-0.2, 0) is 0 Å². The summed E-state index contributed by atoms with van der Waals surface area (Å²) in [4.78, 5) is 43.5. The molecular formula is C21H17F2N7O2. The fourth-order valence-corrected chi connectivity index (χ4v) is 3.73. The second kappa shape index (κ2) is 7.84. The van der Waals surface area contributed by atoms with Gasteiger partial charge in [-0.25, -0.2) is 24.5 Å².